The van der Waals surface area contributed by atoms with Crippen LogP contribution in [0.15, 0.2) is 12.3 Å². The molecule has 104 valence electrons. The van der Waals surface area contributed by atoms with E-state index in [0.717, 1.165) is 19.6 Å². The highest BCUT2D eigenvalue weighted by Crippen LogP contribution is 2.22. The van der Waals surface area contributed by atoms with Crippen LogP contribution >= 0.6 is 11.6 Å². The van der Waals surface area contributed by atoms with Crippen molar-refractivity contribution in [3.63, 3.8) is 0 Å². The fourth-order valence-corrected chi connectivity index (χ4v) is 2.44. The molecule has 1 amide bonds. The topological polar surface area (TPSA) is 71.2 Å². The summed E-state index contributed by atoms with van der Waals surface area (Å²) in [4.78, 5) is 17.5. The van der Waals surface area contributed by atoms with Gasteiger partial charge in [0.25, 0.3) is 0 Å². The maximum Gasteiger partial charge on any atom is 0.250 e. The van der Waals surface area contributed by atoms with Crippen molar-refractivity contribution in [1.29, 1.82) is 0 Å². The summed E-state index contributed by atoms with van der Waals surface area (Å²) in [6, 6.07) is 1.55. The molecule has 1 aliphatic rings. The zero-order valence-electron chi connectivity index (χ0n) is 11.0. The minimum absolute atomic E-state index is 0.329. The summed E-state index contributed by atoms with van der Waals surface area (Å²) in [6.45, 7) is 3.12. The number of nitrogens with one attached hydrogen (secondary N) is 1. The Bertz CT molecular complexity index is 458. The van der Waals surface area contributed by atoms with Gasteiger partial charge in [0.1, 0.15) is 5.82 Å². The SMILES string of the molecule is CN1CCC(CNc2ncc(C(N)=O)cc2Cl)CC1. The zero-order chi connectivity index (χ0) is 13.8. The number of aromatic nitrogens is 1. The second-order valence-electron chi connectivity index (χ2n) is 5.05. The van der Waals surface area contributed by atoms with E-state index in [-0.39, 0.29) is 0 Å². The summed E-state index contributed by atoms with van der Waals surface area (Å²) >= 11 is 6.07. The first-order valence-corrected chi connectivity index (χ1v) is 6.82. The molecule has 1 aliphatic heterocycles. The molecular weight excluding hydrogens is 264 g/mol. The number of halogens is 1. The molecule has 19 heavy (non-hydrogen) atoms. The number of amides is 1. The lowest BCUT2D eigenvalue weighted by molar-refractivity contribution is 0.1000. The smallest absolute Gasteiger partial charge is 0.250 e. The van der Waals surface area contributed by atoms with E-state index in [1.807, 2.05) is 0 Å². The Morgan fingerprint density at radius 1 is 1.58 bits per heavy atom. The number of pyridine rings is 1. The van der Waals surface area contributed by atoms with E-state index in [9.17, 15) is 4.79 Å². The molecule has 0 aromatic carbocycles. The first kappa shape index (κ1) is 14.1. The first-order chi connectivity index (χ1) is 9.06. The lowest BCUT2D eigenvalue weighted by Gasteiger charge is -2.29. The zero-order valence-corrected chi connectivity index (χ0v) is 11.8. The Morgan fingerprint density at radius 2 is 2.26 bits per heavy atom. The first-order valence-electron chi connectivity index (χ1n) is 6.44. The highest BCUT2D eigenvalue weighted by Gasteiger charge is 2.17. The molecule has 0 saturated carbocycles. The van der Waals surface area contributed by atoms with Crippen LogP contribution in [0, 0.1) is 5.92 Å². The highest BCUT2D eigenvalue weighted by atomic mass is 35.5. The fourth-order valence-electron chi connectivity index (χ4n) is 2.21. The van der Waals surface area contributed by atoms with Crippen molar-refractivity contribution in [2.24, 2.45) is 11.7 Å². The van der Waals surface area contributed by atoms with Crippen LogP contribution in [0.4, 0.5) is 5.82 Å². The van der Waals surface area contributed by atoms with Crippen molar-refractivity contribution in [1.82, 2.24) is 9.88 Å². The van der Waals surface area contributed by atoms with Crippen molar-refractivity contribution in [3.05, 3.63) is 22.8 Å². The van der Waals surface area contributed by atoms with Gasteiger partial charge in [0.05, 0.1) is 10.6 Å². The number of nitrogens with two attached hydrogens (primary N) is 1. The number of hydrogen-bond donors (Lipinski definition) is 2. The normalized spacial score (nSPS) is 17.4. The van der Waals surface area contributed by atoms with Gasteiger partial charge in [-0.3, -0.25) is 4.79 Å². The van der Waals surface area contributed by atoms with Crippen molar-refractivity contribution in [2.45, 2.75) is 12.8 Å². The molecule has 0 unspecified atom stereocenters. The Kier molecular flexibility index (Phi) is 4.61. The van der Waals surface area contributed by atoms with Crippen LogP contribution in [-0.2, 0) is 0 Å². The van der Waals surface area contributed by atoms with E-state index in [2.05, 4.69) is 22.2 Å². The van der Waals surface area contributed by atoms with Gasteiger partial charge in [0, 0.05) is 12.7 Å². The highest BCUT2D eigenvalue weighted by molar-refractivity contribution is 6.33. The summed E-state index contributed by atoms with van der Waals surface area (Å²) in [7, 11) is 2.14. The number of anilines is 1. The predicted octanol–water partition coefficient (Wildman–Crippen LogP) is 1.59. The van der Waals surface area contributed by atoms with Gasteiger partial charge in [0.15, 0.2) is 0 Å². The third kappa shape index (κ3) is 3.81. The van der Waals surface area contributed by atoms with Crippen LogP contribution in [0.3, 0.4) is 0 Å². The summed E-state index contributed by atoms with van der Waals surface area (Å²) in [5.74, 6) is 0.742. The number of hydrogen-bond acceptors (Lipinski definition) is 4. The van der Waals surface area contributed by atoms with Crippen LogP contribution in [-0.4, -0.2) is 42.5 Å². The number of likely N-dealkylation sites (tertiary alicyclic amines) is 1. The predicted molar refractivity (Wildman–Crippen MR) is 76.5 cm³/mol. The Balaban J connectivity index is 1.91. The van der Waals surface area contributed by atoms with Crippen LogP contribution in [0.5, 0.6) is 0 Å². The van der Waals surface area contributed by atoms with Gasteiger partial charge < -0.3 is 16.0 Å². The monoisotopic (exact) mass is 282 g/mol. The average Bonchev–Trinajstić information content (AvgIpc) is 2.39. The number of carbonyl (C=O) groups excluding carboxylic acids is 1. The molecule has 1 aromatic heterocycles. The van der Waals surface area contributed by atoms with Gasteiger partial charge in [0.2, 0.25) is 5.91 Å². The molecule has 1 fully saturated rings. The van der Waals surface area contributed by atoms with Gasteiger partial charge >= 0.3 is 0 Å². The maximum absolute atomic E-state index is 11.0. The standard InChI is InChI=1S/C13H19ClN4O/c1-18-4-2-9(3-5-18)7-16-13-11(14)6-10(8-17-13)12(15)19/h6,8-9H,2-5,7H2,1H3,(H2,15,19)(H,16,17). The van der Waals surface area contributed by atoms with E-state index >= 15 is 0 Å². The number of rotatable bonds is 4. The van der Waals surface area contributed by atoms with Crippen molar-refractivity contribution in [3.8, 4) is 0 Å². The molecule has 1 saturated heterocycles. The molecule has 0 bridgehead atoms. The van der Waals surface area contributed by atoms with Crippen LogP contribution in [0.1, 0.15) is 23.2 Å². The van der Waals surface area contributed by atoms with Gasteiger partial charge in [-0.15, -0.1) is 0 Å². The van der Waals surface area contributed by atoms with E-state index in [4.69, 9.17) is 17.3 Å². The molecule has 0 atom stereocenters. The minimum Gasteiger partial charge on any atom is -0.369 e. The van der Waals surface area contributed by atoms with Crippen molar-refractivity contribution < 1.29 is 4.79 Å². The largest absolute Gasteiger partial charge is 0.369 e. The number of primary amides is 1. The summed E-state index contributed by atoms with van der Waals surface area (Å²) in [5, 5.41) is 3.68. The molecule has 0 spiro atoms. The van der Waals surface area contributed by atoms with Crippen LogP contribution in [0.2, 0.25) is 5.02 Å². The number of nitrogens with zero attached hydrogens (tertiary/aromatic N) is 2. The molecular formula is C13H19ClN4O. The minimum atomic E-state index is -0.517. The van der Waals surface area contributed by atoms with E-state index < -0.39 is 5.91 Å². The number of piperidine rings is 1. The van der Waals surface area contributed by atoms with Gasteiger partial charge in [-0.2, -0.15) is 0 Å². The lowest BCUT2D eigenvalue weighted by Crippen LogP contribution is -2.33. The van der Waals surface area contributed by atoms with Gasteiger partial charge in [-0.1, -0.05) is 11.6 Å². The molecule has 6 heteroatoms. The third-order valence-electron chi connectivity index (χ3n) is 3.52. The Labute approximate surface area is 118 Å². The summed E-state index contributed by atoms with van der Waals surface area (Å²) < 4.78 is 0. The second-order valence-corrected chi connectivity index (χ2v) is 5.45. The molecule has 0 radical (unpaired) electrons. The van der Waals surface area contributed by atoms with E-state index in [1.54, 1.807) is 6.07 Å². The van der Waals surface area contributed by atoms with Gasteiger partial charge in [-0.25, -0.2) is 4.98 Å². The molecule has 2 heterocycles. The maximum atomic E-state index is 11.0. The molecule has 3 N–H and O–H groups in total. The average molecular weight is 283 g/mol. The van der Waals surface area contributed by atoms with Crippen LogP contribution in [0.25, 0.3) is 0 Å². The fraction of sp³-hybridized carbons (Fsp3) is 0.538. The van der Waals surface area contributed by atoms with Crippen molar-refractivity contribution >= 4 is 23.3 Å². The lowest BCUT2D eigenvalue weighted by atomic mass is 9.97. The Morgan fingerprint density at radius 3 is 2.84 bits per heavy atom. The quantitative estimate of drug-likeness (QED) is 0.880. The van der Waals surface area contributed by atoms with Crippen LogP contribution < -0.4 is 11.1 Å². The third-order valence-corrected chi connectivity index (χ3v) is 3.81. The van der Waals surface area contributed by atoms with Crippen molar-refractivity contribution in [2.75, 3.05) is 32.0 Å². The number of carbonyl (C=O) groups is 1. The van der Waals surface area contributed by atoms with E-state index in [0.29, 0.717) is 22.3 Å². The van der Waals surface area contributed by atoms with Gasteiger partial charge in [-0.05, 0) is 45.0 Å². The molecule has 5 nitrogen and oxygen atoms in total. The van der Waals surface area contributed by atoms with E-state index in [1.165, 1.54) is 19.0 Å². The molecule has 0 aliphatic carbocycles. The Hall–Kier alpha value is -1.33. The summed E-state index contributed by atoms with van der Waals surface area (Å²) in [6.07, 6.45) is 3.81. The summed E-state index contributed by atoms with van der Waals surface area (Å²) in [5.41, 5.74) is 5.50. The molecule has 2 rings (SSSR count). The molecule has 1 aromatic rings. The second kappa shape index (κ2) is 6.21.